The highest BCUT2D eigenvalue weighted by Crippen LogP contribution is 2.29. The number of benzene rings is 5. The second-order valence-corrected chi connectivity index (χ2v) is 11.1. The summed E-state index contributed by atoms with van der Waals surface area (Å²) in [6.45, 7) is 0.341. The number of thiocarbonyl (C=S) groups is 1. The van der Waals surface area contributed by atoms with Gasteiger partial charge in [-0.15, -0.1) is 0 Å². The lowest BCUT2D eigenvalue weighted by atomic mass is 9.90. The molecule has 0 aromatic heterocycles. The zero-order valence-electron chi connectivity index (χ0n) is 25.3. The summed E-state index contributed by atoms with van der Waals surface area (Å²) in [6, 6.07) is 43.4. The lowest BCUT2D eigenvalue weighted by molar-refractivity contribution is -0.136. The van der Waals surface area contributed by atoms with Gasteiger partial charge in [-0.05, 0) is 47.1 Å². The van der Waals surface area contributed by atoms with Crippen LogP contribution in [0.25, 0.3) is 0 Å². The number of para-hydroxylation sites is 1. The van der Waals surface area contributed by atoms with Crippen molar-refractivity contribution >= 4 is 40.7 Å². The van der Waals surface area contributed by atoms with E-state index < -0.39 is 12.0 Å². The minimum absolute atomic E-state index is 0.0583. The largest absolute Gasteiger partial charge is 0.340 e. The van der Waals surface area contributed by atoms with E-state index in [1.54, 1.807) is 60.5 Å². The van der Waals surface area contributed by atoms with Crippen LogP contribution in [0.3, 0.4) is 0 Å². The van der Waals surface area contributed by atoms with Crippen LogP contribution in [0.1, 0.15) is 44.6 Å². The van der Waals surface area contributed by atoms with E-state index in [1.807, 2.05) is 97.1 Å². The molecule has 7 nitrogen and oxygen atoms in total. The average Bonchev–Trinajstić information content (AvgIpc) is 3.09. The van der Waals surface area contributed by atoms with E-state index >= 15 is 0 Å². The molecule has 0 aliphatic rings. The van der Waals surface area contributed by atoms with Gasteiger partial charge in [0.2, 0.25) is 11.8 Å². The van der Waals surface area contributed by atoms with E-state index in [1.165, 1.54) is 0 Å². The van der Waals surface area contributed by atoms with Crippen molar-refractivity contribution in [2.75, 3.05) is 12.4 Å². The molecule has 1 unspecified atom stereocenters. The van der Waals surface area contributed by atoms with E-state index in [9.17, 15) is 14.4 Å². The first-order valence-corrected chi connectivity index (χ1v) is 15.3. The molecule has 0 saturated carbocycles. The van der Waals surface area contributed by atoms with Crippen molar-refractivity contribution in [3.05, 3.63) is 173 Å². The summed E-state index contributed by atoms with van der Waals surface area (Å²) in [4.78, 5) is 42.9. The molecule has 230 valence electrons. The van der Waals surface area contributed by atoms with Crippen LogP contribution in [-0.2, 0) is 16.1 Å². The molecule has 0 bridgehead atoms. The normalized spacial score (nSPS) is 11.3. The second-order valence-electron chi connectivity index (χ2n) is 10.7. The number of hydrogen-bond acceptors (Lipinski definition) is 4. The van der Waals surface area contributed by atoms with Crippen molar-refractivity contribution in [3.63, 3.8) is 0 Å². The predicted molar refractivity (Wildman–Crippen MR) is 185 cm³/mol. The molecule has 0 fully saturated rings. The van der Waals surface area contributed by atoms with E-state index in [0.717, 1.165) is 16.7 Å². The Labute approximate surface area is 274 Å². The molecule has 0 aliphatic carbocycles. The summed E-state index contributed by atoms with van der Waals surface area (Å²) in [7, 11) is 1.71. The molecule has 5 aromatic rings. The Morgan fingerprint density at radius 3 is 1.76 bits per heavy atom. The lowest BCUT2D eigenvalue weighted by Crippen LogP contribution is -2.43. The zero-order chi connectivity index (χ0) is 32.3. The van der Waals surface area contributed by atoms with Crippen LogP contribution in [-0.4, -0.2) is 34.8 Å². The van der Waals surface area contributed by atoms with Crippen molar-refractivity contribution < 1.29 is 14.4 Å². The molecule has 0 heterocycles. The molecule has 0 aliphatic heterocycles. The Morgan fingerprint density at radius 2 is 1.17 bits per heavy atom. The third-order valence-corrected chi connectivity index (χ3v) is 7.69. The van der Waals surface area contributed by atoms with Gasteiger partial charge in [0.15, 0.2) is 5.11 Å². The van der Waals surface area contributed by atoms with Gasteiger partial charge < -0.3 is 15.5 Å². The molecule has 0 saturated heterocycles. The summed E-state index contributed by atoms with van der Waals surface area (Å²) in [6.07, 6.45) is 0. The fraction of sp³-hybridized carbons (Fsp3) is 0.105. The Bertz CT molecular complexity index is 1750. The maximum Gasteiger partial charge on any atom is 0.257 e. The Hall–Kier alpha value is -5.60. The van der Waals surface area contributed by atoms with E-state index in [2.05, 4.69) is 16.0 Å². The van der Waals surface area contributed by atoms with Crippen molar-refractivity contribution in [1.29, 1.82) is 0 Å². The second kappa shape index (κ2) is 15.4. The molecule has 0 radical (unpaired) electrons. The van der Waals surface area contributed by atoms with E-state index in [4.69, 9.17) is 12.2 Å². The van der Waals surface area contributed by atoms with Crippen LogP contribution in [0.4, 0.5) is 5.69 Å². The summed E-state index contributed by atoms with van der Waals surface area (Å²) >= 11 is 5.49. The van der Waals surface area contributed by atoms with Gasteiger partial charge in [-0.3, -0.25) is 19.7 Å². The third-order valence-electron chi connectivity index (χ3n) is 7.48. The lowest BCUT2D eigenvalue weighted by Gasteiger charge is -2.28. The standard InChI is InChI=1S/C38H34N4O3S/c1-42(26-27-16-6-2-7-17-27)37(45)34(40-36(44)33(28-18-8-3-9-19-28)29-20-10-4-11-21-29)31-24-14-15-25-32(31)39-38(46)41-35(43)30-22-12-5-13-23-30/h2-25,33-34H,26H2,1H3,(H,40,44)(H2,39,41,43,46). The summed E-state index contributed by atoms with van der Waals surface area (Å²) in [5, 5.41) is 8.91. The molecule has 8 heteroatoms. The summed E-state index contributed by atoms with van der Waals surface area (Å²) in [5.41, 5.74) is 3.97. The molecule has 46 heavy (non-hydrogen) atoms. The van der Waals surface area contributed by atoms with Crippen LogP contribution in [0.2, 0.25) is 0 Å². The number of hydrogen-bond donors (Lipinski definition) is 3. The number of nitrogens with one attached hydrogen (secondary N) is 3. The first-order chi connectivity index (χ1) is 22.4. The van der Waals surface area contributed by atoms with Gasteiger partial charge in [0.25, 0.3) is 5.91 Å². The highest BCUT2D eigenvalue weighted by atomic mass is 32.1. The van der Waals surface area contributed by atoms with Crippen molar-refractivity contribution in [1.82, 2.24) is 15.5 Å². The fourth-order valence-electron chi connectivity index (χ4n) is 5.22. The number of nitrogens with zero attached hydrogens (tertiary/aromatic N) is 1. The first-order valence-electron chi connectivity index (χ1n) is 14.9. The number of carbonyl (C=O) groups is 3. The molecule has 3 N–H and O–H groups in total. The molecular weight excluding hydrogens is 593 g/mol. The quantitative estimate of drug-likeness (QED) is 0.155. The molecular formula is C38H34N4O3S. The van der Waals surface area contributed by atoms with Crippen LogP contribution < -0.4 is 16.0 Å². The molecule has 0 spiro atoms. The maximum absolute atomic E-state index is 14.3. The average molecular weight is 627 g/mol. The first kappa shape index (κ1) is 31.8. The topological polar surface area (TPSA) is 90.5 Å². The van der Waals surface area contributed by atoms with Crippen LogP contribution >= 0.6 is 12.2 Å². The van der Waals surface area contributed by atoms with Gasteiger partial charge >= 0.3 is 0 Å². The van der Waals surface area contributed by atoms with Gasteiger partial charge in [-0.2, -0.15) is 0 Å². The monoisotopic (exact) mass is 626 g/mol. The van der Waals surface area contributed by atoms with Crippen molar-refractivity contribution in [2.45, 2.75) is 18.5 Å². The van der Waals surface area contributed by atoms with Crippen molar-refractivity contribution in [2.24, 2.45) is 0 Å². The van der Waals surface area contributed by atoms with Gasteiger partial charge in [-0.1, -0.05) is 127 Å². The van der Waals surface area contributed by atoms with Crippen LogP contribution in [0.5, 0.6) is 0 Å². The van der Waals surface area contributed by atoms with Gasteiger partial charge in [0.05, 0.1) is 5.92 Å². The summed E-state index contributed by atoms with van der Waals surface area (Å²) in [5.74, 6) is -1.68. The fourth-order valence-corrected chi connectivity index (χ4v) is 5.42. The highest BCUT2D eigenvalue weighted by Gasteiger charge is 2.32. The van der Waals surface area contributed by atoms with E-state index in [0.29, 0.717) is 23.4 Å². The molecule has 1 atom stereocenters. The van der Waals surface area contributed by atoms with Gasteiger partial charge in [-0.25, -0.2) is 0 Å². The molecule has 3 amide bonds. The van der Waals surface area contributed by atoms with Crippen molar-refractivity contribution in [3.8, 4) is 0 Å². The van der Waals surface area contributed by atoms with Gasteiger partial charge in [0.1, 0.15) is 6.04 Å². The van der Waals surface area contributed by atoms with E-state index in [-0.39, 0.29) is 22.8 Å². The Balaban J connectivity index is 1.47. The van der Waals surface area contributed by atoms with Crippen LogP contribution in [0.15, 0.2) is 146 Å². The maximum atomic E-state index is 14.3. The number of likely N-dealkylation sites (N-methyl/N-ethyl adjacent to an activating group) is 1. The highest BCUT2D eigenvalue weighted by molar-refractivity contribution is 7.80. The number of anilines is 1. The smallest absolute Gasteiger partial charge is 0.257 e. The zero-order valence-corrected chi connectivity index (χ0v) is 26.1. The third kappa shape index (κ3) is 8.11. The van der Waals surface area contributed by atoms with Crippen LogP contribution in [0, 0.1) is 0 Å². The SMILES string of the molecule is CN(Cc1ccccc1)C(=O)C(NC(=O)C(c1ccccc1)c1ccccc1)c1ccccc1NC(=S)NC(=O)c1ccccc1. The molecule has 5 rings (SSSR count). The summed E-state index contributed by atoms with van der Waals surface area (Å²) < 4.78 is 0. The molecule has 5 aromatic carbocycles. The number of amides is 3. The predicted octanol–water partition coefficient (Wildman–Crippen LogP) is 6.46. The minimum atomic E-state index is -1.08. The van der Waals surface area contributed by atoms with Gasteiger partial charge in [0, 0.05) is 30.4 Å². The number of carbonyl (C=O) groups excluding carboxylic acids is 3. The Morgan fingerprint density at radius 1 is 0.674 bits per heavy atom. The Kier molecular flexibility index (Phi) is 10.7. The number of rotatable bonds is 10. The minimum Gasteiger partial charge on any atom is -0.340 e.